The summed E-state index contributed by atoms with van der Waals surface area (Å²) in [7, 11) is 0. The second-order valence-electron chi connectivity index (χ2n) is 7.13. The molecule has 2 fully saturated rings. The first-order chi connectivity index (χ1) is 11.6. The zero-order valence-corrected chi connectivity index (χ0v) is 14.6. The van der Waals surface area contributed by atoms with Gasteiger partial charge in [0.2, 0.25) is 0 Å². The van der Waals surface area contributed by atoms with E-state index in [1.165, 1.54) is 5.56 Å². The van der Waals surface area contributed by atoms with Gasteiger partial charge in [-0.2, -0.15) is 0 Å². The lowest BCUT2D eigenvalue weighted by Crippen LogP contribution is -2.44. The maximum Gasteiger partial charge on any atom is 0.254 e. The van der Waals surface area contributed by atoms with Crippen LogP contribution in [0.25, 0.3) is 0 Å². The van der Waals surface area contributed by atoms with Crippen molar-refractivity contribution < 1.29 is 14.6 Å². The normalized spacial score (nSPS) is 28.3. The van der Waals surface area contributed by atoms with Crippen molar-refractivity contribution in [1.29, 1.82) is 0 Å². The van der Waals surface area contributed by atoms with Crippen molar-refractivity contribution in [1.82, 2.24) is 9.80 Å². The Hall–Kier alpha value is -1.43. The first-order valence-corrected chi connectivity index (χ1v) is 8.95. The van der Waals surface area contributed by atoms with Crippen LogP contribution in [-0.2, 0) is 11.3 Å². The van der Waals surface area contributed by atoms with Gasteiger partial charge < -0.3 is 14.7 Å². The summed E-state index contributed by atoms with van der Waals surface area (Å²) >= 11 is 0. The summed E-state index contributed by atoms with van der Waals surface area (Å²) < 4.78 is 5.77. The smallest absolute Gasteiger partial charge is 0.254 e. The zero-order chi connectivity index (χ0) is 17.1. The van der Waals surface area contributed by atoms with E-state index in [9.17, 15) is 9.90 Å². The summed E-state index contributed by atoms with van der Waals surface area (Å²) in [5.41, 5.74) is 1.93. The van der Waals surface area contributed by atoms with Crippen molar-refractivity contribution in [2.24, 2.45) is 0 Å². The third-order valence-electron chi connectivity index (χ3n) is 4.95. The maximum atomic E-state index is 12.6. The fourth-order valence-electron chi connectivity index (χ4n) is 3.88. The summed E-state index contributed by atoms with van der Waals surface area (Å²) in [4.78, 5) is 16.8. The van der Waals surface area contributed by atoms with Crippen LogP contribution in [0.1, 0.15) is 42.6 Å². The van der Waals surface area contributed by atoms with Gasteiger partial charge in [-0.25, -0.2) is 0 Å². The van der Waals surface area contributed by atoms with Gasteiger partial charge in [0, 0.05) is 31.7 Å². The fourth-order valence-corrected chi connectivity index (χ4v) is 3.88. The van der Waals surface area contributed by atoms with Crippen LogP contribution in [0.3, 0.4) is 0 Å². The molecule has 1 N–H and O–H groups in total. The summed E-state index contributed by atoms with van der Waals surface area (Å²) in [5, 5.41) is 9.39. The van der Waals surface area contributed by atoms with E-state index in [2.05, 4.69) is 18.7 Å². The van der Waals surface area contributed by atoms with Crippen molar-refractivity contribution in [2.45, 2.75) is 51.5 Å². The van der Waals surface area contributed by atoms with Crippen molar-refractivity contribution in [3.05, 3.63) is 35.4 Å². The fraction of sp³-hybridized carbons (Fsp3) is 0.632. The third kappa shape index (κ3) is 3.97. The first kappa shape index (κ1) is 17.4. The molecule has 2 aliphatic heterocycles. The lowest BCUT2D eigenvalue weighted by Gasteiger charge is -2.35. The lowest BCUT2D eigenvalue weighted by atomic mass is 10.1. The Morgan fingerprint density at radius 3 is 2.50 bits per heavy atom. The summed E-state index contributed by atoms with van der Waals surface area (Å²) in [6.07, 6.45) is 2.40. The summed E-state index contributed by atoms with van der Waals surface area (Å²) in [6.45, 7) is 7.78. The molecule has 0 bridgehead atoms. The minimum atomic E-state index is -0.0199. The molecule has 2 aliphatic rings. The standard InChI is InChI=1S/C19H28N2O3/c1-14-10-20(11-15(2)24-14)12-16-5-7-17(8-6-16)19(23)21-9-3-4-18(21)13-22/h5-8,14-15,18,22H,3-4,9-13H2,1-2H3/t14?,15?,18-/m1/s1. The number of ether oxygens (including phenoxy) is 1. The molecule has 0 aromatic heterocycles. The van der Waals surface area contributed by atoms with Gasteiger partial charge in [0.05, 0.1) is 24.9 Å². The molecular formula is C19H28N2O3. The van der Waals surface area contributed by atoms with Gasteiger partial charge in [0.1, 0.15) is 0 Å². The van der Waals surface area contributed by atoms with Gasteiger partial charge in [-0.15, -0.1) is 0 Å². The number of carbonyl (C=O) groups is 1. The van der Waals surface area contributed by atoms with Crippen LogP contribution < -0.4 is 0 Å². The zero-order valence-electron chi connectivity index (χ0n) is 14.6. The van der Waals surface area contributed by atoms with E-state index in [1.807, 2.05) is 24.3 Å². The van der Waals surface area contributed by atoms with Gasteiger partial charge in [-0.3, -0.25) is 9.69 Å². The highest BCUT2D eigenvalue weighted by molar-refractivity contribution is 5.94. The highest BCUT2D eigenvalue weighted by Gasteiger charge is 2.28. The van der Waals surface area contributed by atoms with E-state index in [1.54, 1.807) is 4.90 Å². The Kier molecular flexibility index (Phi) is 5.54. The highest BCUT2D eigenvalue weighted by Crippen LogP contribution is 2.20. The molecule has 0 aliphatic carbocycles. The minimum Gasteiger partial charge on any atom is -0.394 e. The number of hydrogen-bond donors (Lipinski definition) is 1. The molecule has 2 saturated heterocycles. The molecular weight excluding hydrogens is 304 g/mol. The predicted octanol–water partition coefficient (Wildman–Crippen LogP) is 1.89. The molecule has 2 heterocycles. The first-order valence-electron chi connectivity index (χ1n) is 8.95. The van der Waals surface area contributed by atoms with Crippen molar-refractivity contribution >= 4 is 5.91 Å². The van der Waals surface area contributed by atoms with Gasteiger partial charge in [-0.05, 0) is 44.4 Å². The van der Waals surface area contributed by atoms with Crippen LogP contribution in [0.4, 0.5) is 0 Å². The number of rotatable bonds is 4. The summed E-state index contributed by atoms with van der Waals surface area (Å²) in [6, 6.07) is 7.90. The molecule has 24 heavy (non-hydrogen) atoms. The van der Waals surface area contributed by atoms with Crippen molar-refractivity contribution in [2.75, 3.05) is 26.2 Å². The predicted molar refractivity (Wildman–Crippen MR) is 92.9 cm³/mol. The minimum absolute atomic E-state index is 0.0199. The lowest BCUT2D eigenvalue weighted by molar-refractivity contribution is -0.0704. The second-order valence-corrected chi connectivity index (χ2v) is 7.13. The van der Waals surface area contributed by atoms with E-state index >= 15 is 0 Å². The van der Waals surface area contributed by atoms with Crippen LogP contribution in [0.5, 0.6) is 0 Å². The molecule has 3 atom stereocenters. The molecule has 5 heteroatoms. The van der Waals surface area contributed by atoms with E-state index in [-0.39, 0.29) is 30.8 Å². The molecule has 1 aromatic carbocycles. The SMILES string of the molecule is CC1CN(Cc2ccc(C(=O)N3CCC[C@@H]3CO)cc2)CC(C)O1. The summed E-state index contributed by atoms with van der Waals surface area (Å²) in [5.74, 6) is 0.0340. The Labute approximate surface area is 144 Å². The number of nitrogens with zero attached hydrogens (tertiary/aromatic N) is 2. The number of aliphatic hydroxyl groups is 1. The quantitative estimate of drug-likeness (QED) is 0.915. The molecule has 5 nitrogen and oxygen atoms in total. The Bertz CT molecular complexity index is 550. The van der Waals surface area contributed by atoms with Crippen molar-refractivity contribution in [3.8, 4) is 0 Å². The van der Waals surface area contributed by atoms with Gasteiger partial charge in [0.15, 0.2) is 0 Å². The third-order valence-corrected chi connectivity index (χ3v) is 4.95. The van der Waals surface area contributed by atoms with E-state index in [0.29, 0.717) is 5.56 Å². The number of benzene rings is 1. The number of amides is 1. The Balaban J connectivity index is 1.62. The maximum absolute atomic E-state index is 12.6. The monoisotopic (exact) mass is 332 g/mol. The number of hydrogen-bond acceptors (Lipinski definition) is 4. The van der Waals surface area contributed by atoms with Gasteiger partial charge in [0.25, 0.3) is 5.91 Å². The number of morpholine rings is 1. The highest BCUT2D eigenvalue weighted by atomic mass is 16.5. The Morgan fingerprint density at radius 1 is 1.21 bits per heavy atom. The van der Waals surface area contributed by atoms with Crippen LogP contribution in [0.15, 0.2) is 24.3 Å². The molecule has 2 unspecified atom stereocenters. The van der Waals surface area contributed by atoms with Gasteiger partial charge >= 0.3 is 0 Å². The van der Waals surface area contributed by atoms with Crippen molar-refractivity contribution in [3.63, 3.8) is 0 Å². The number of likely N-dealkylation sites (tertiary alicyclic amines) is 1. The van der Waals surface area contributed by atoms with Gasteiger partial charge in [-0.1, -0.05) is 12.1 Å². The number of carbonyl (C=O) groups excluding carboxylic acids is 1. The van der Waals surface area contributed by atoms with Crippen LogP contribution in [-0.4, -0.2) is 65.3 Å². The number of aliphatic hydroxyl groups excluding tert-OH is 1. The molecule has 0 saturated carbocycles. The molecule has 1 aromatic rings. The van der Waals surface area contributed by atoms with E-state index in [4.69, 9.17) is 4.74 Å². The van der Waals surface area contributed by atoms with E-state index < -0.39 is 0 Å². The average Bonchev–Trinajstić information content (AvgIpc) is 3.02. The molecule has 0 radical (unpaired) electrons. The van der Waals surface area contributed by atoms with Crippen LogP contribution in [0, 0.1) is 0 Å². The topological polar surface area (TPSA) is 53.0 Å². The second kappa shape index (κ2) is 7.64. The Morgan fingerprint density at radius 2 is 1.88 bits per heavy atom. The largest absolute Gasteiger partial charge is 0.394 e. The molecule has 132 valence electrons. The average molecular weight is 332 g/mol. The molecule has 0 spiro atoms. The van der Waals surface area contributed by atoms with Crippen LogP contribution >= 0.6 is 0 Å². The van der Waals surface area contributed by atoms with Crippen LogP contribution in [0.2, 0.25) is 0 Å². The van der Waals surface area contributed by atoms with E-state index in [0.717, 1.165) is 39.0 Å². The molecule has 3 rings (SSSR count). The molecule has 1 amide bonds.